The smallest absolute Gasteiger partial charge is 0.336 e. The van der Waals surface area contributed by atoms with Crippen molar-refractivity contribution in [3.63, 3.8) is 0 Å². The number of benzene rings is 1. The van der Waals surface area contributed by atoms with Crippen LogP contribution in [0.25, 0.3) is 0 Å². The van der Waals surface area contributed by atoms with Crippen LogP contribution < -0.4 is 5.63 Å². The lowest BCUT2D eigenvalue weighted by atomic mass is 10.0. The van der Waals surface area contributed by atoms with Gasteiger partial charge in [0.15, 0.2) is 0 Å². The molecule has 1 aromatic carbocycles. The Hall–Kier alpha value is -1.83. The van der Waals surface area contributed by atoms with E-state index >= 15 is 0 Å². The van der Waals surface area contributed by atoms with E-state index in [1.54, 1.807) is 13.0 Å². The molecule has 0 atom stereocenters. The molecule has 2 aromatic rings. The van der Waals surface area contributed by atoms with Gasteiger partial charge in [0.2, 0.25) is 0 Å². The third kappa shape index (κ3) is 2.60. The van der Waals surface area contributed by atoms with Crippen molar-refractivity contribution >= 4 is 0 Å². The highest BCUT2D eigenvalue weighted by atomic mass is 16.4. The van der Waals surface area contributed by atoms with Crippen LogP contribution in [0, 0.1) is 13.8 Å². The molecule has 0 aliphatic heterocycles. The largest absolute Gasteiger partial charge is 0.428 e. The summed E-state index contributed by atoms with van der Waals surface area (Å²) in [7, 11) is 0. The molecule has 0 aliphatic rings. The quantitative estimate of drug-likeness (QED) is 0.769. The van der Waals surface area contributed by atoms with Crippen LogP contribution >= 0.6 is 0 Å². The molecule has 82 valence electrons. The summed E-state index contributed by atoms with van der Waals surface area (Å²) in [6, 6.07) is 11.8. The van der Waals surface area contributed by atoms with Crippen LogP contribution in [-0.4, -0.2) is 0 Å². The van der Waals surface area contributed by atoms with Crippen LogP contribution in [0.1, 0.15) is 22.5 Å². The van der Waals surface area contributed by atoms with Gasteiger partial charge in [0.25, 0.3) is 0 Å². The Kier molecular flexibility index (Phi) is 2.91. The number of rotatable bonds is 2. The van der Waals surface area contributed by atoms with Crippen LogP contribution in [0.4, 0.5) is 0 Å². The molecule has 0 N–H and O–H groups in total. The second-order valence-corrected chi connectivity index (χ2v) is 4.06. The Labute approximate surface area is 94.5 Å². The zero-order valence-electron chi connectivity index (χ0n) is 9.49. The monoisotopic (exact) mass is 214 g/mol. The molecule has 0 unspecified atom stereocenters. The molecule has 1 heterocycles. The van der Waals surface area contributed by atoms with E-state index in [0.717, 1.165) is 12.0 Å². The summed E-state index contributed by atoms with van der Waals surface area (Å²) < 4.78 is 4.92. The van der Waals surface area contributed by atoms with Crippen molar-refractivity contribution in [2.45, 2.75) is 20.3 Å². The lowest BCUT2D eigenvalue weighted by molar-refractivity contribution is 0.478. The zero-order valence-corrected chi connectivity index (χ0v) is 9.49. The molecule has 0 bridgehead atoms. The van der Waals surface area contributed by atoms with Crippen molar-refractivity contribution in [2.75, 3.05) is 0 Å². The van der Waals surface area contributed by atoms with Gasteiger partial charge in [-0.15, -0.1) is 0 Å². The Bertz CT molecular complexity index is 535. The first-order valence-corrected chi connectivity index (χ1v) is 5.30. The van der Waals surface area contributed by atoms with E-state index < -0.39 is 0 Å². The normalized spacial score (nSPS) is 10.4. The molecular formula is C14H14O2. The van der Waals surface area contributed by atoms with Crippen LogP contribution in [0.2, 0.25) is 0 Å². The minimum absolute atomic E-state index is 0.276. The molecule has 1 aromatic heterocycles. The summed E-state index contributed by atoms with van der Waals surface area (Å²) in [6.45, 7) is 3.85. The highest BCUT2D eigenvalue weighted by Gasteiger charge is 2.00. The van der Waals surface area contributed by atoms with E-state index in [9.17, 15) is 4.79 Å². The Morgan fingerprint density at radius 1 is 1.00 bits per heavy atom. The first-order chi connectivity index (χ1) is 7.63. The van der Waals surface area contributed by atoms with Gasteiger partial charge in [-0.05, 0) is 37.5 Å². The minimum Gasteiger partial charge on any atom is -0.428 e. The fourth-order valence-electron chi connectivity index (χ4n) is 1.72. The molecule has 0 amide bonds. The minimum atomic E-state index is -0.276. The van der Waals surface area contributed by atoms with Gasteiger partial charge in [0.1, 0.15) is 5.76 Å². The van der Waals surface area contributed by atoms with Gasteiger partial charge < -0.3 is 4.42 Å². The van der Waals surface area contributed by atoms with Crippen molar-refractivity contribution in [3.8, 4) is 0 Å². The van der Waals surface area contributed by atoms with Gasteiger partial charge in [-0.1, -0.05) is 29.8 Å². The molecule has 0 spiro atoms. The van der Waals surface area contributed by atoms with Crippen LogP contribution in [0.3, 0.4) is 0 Å². The second-order valence-electron chi connectivity index (χ2n) is 4.06. The molecule has 0 saturated heterocycles. The topological polar surface area (TPSA) is 30.2 Å². The van der Waals surface area contributed by atoms with Gasteiger partial charge in [-0.2, -0.15) is 0 Å². The second kappa shape index (κ2) is 4.35. The van der Waals surface area contributed by atoms with E-state index in [1.807, 2.05) is 6.07 Å². The summed E-state index contributed by atoms with van der Waals surface area (Å²) in [5.74, 6) is 0.662. The van der Waals surface area contributed by atoms with E-state index in [0.29, 0.717) is 5.76 Å². The van der Waals surface area contributed by atoms with Gasteiger partial charge in [-0.3, -0.25) is 0 Å². The highest BCUT2D eigenvalue weighted by molar-refractivity contribution is 5.27. The van der Waals surface area contributed by atoms with Crippen molar-refractivity contribution in [1.29, 1.82) is 0 Å². The number of hydrogen-bond acceptors (Lipinski definition) is 2. The Morgan fingerprint density at radius 2 is 1.69 bits per heavy atom. The number of hydrogen-bond donors (Lipinski definition) is 0. The van der Waals surface area contributed by atoms with E-state index in [-0.39, 0.29) is 5.63 Å². The third-order valence-electron chi connectivity index (χ3n) is 2.48. The Balaban J connectivity index is 2.26. The zero-order chi connectivity index (χ0) is 11.5. The van der Waals surface area contributed by atoms with Crippen LogP contribution in [0.5, 0.6) is 0 Å². The summed E-state index contributed by atoms with van der Waals surface area (Å²) >= 11 is 0. The lowest BCUT2D eigenvalue weighted by Crippen LogP contribution is -2.01. The Morgan fingerprint density at radius 3 is 2.31 bits per heavy atom. The maximum Gasteiger partial charge on any atom is 0.336 e. The van der Waals surface area contributed by atoms with E-state index in [2.05, 4.69) is 31.2 Å². The van der Waals surface area contributed by atoms with Crippen molar-refractivity contribution in [3.05, 3.63) is 69.3 Å². The summed E-state index contributed by atoms with van der Waals surface area (Å²) in [5, 5.41) is 0. The number of aryl methyl sites for hydroxylation is 2. The summed E-state index contributed by atoms with van der Waals surface area (Å²) in [6.07, 6.45) is 0.771. The molecule has 0 radical (unpaired) electrons. The molecule has 0 aliphatic carbocycles. The third-order valence-corrected chi connectivity index (χ3v) is 2.48. The molecule has 0 fully saturated rings. The van der Waals surface area contributed by atoms with Gasteiger partial charge in [-0.25, -0.2) is 4.79 Å². The lowest BCUT2D eigenvalue weighted by Gasteiger charge is -2.02. The fourth-order valence-corrected chi connectivity index (χ4v) is 1.72. The maximum atomic E-state index is 11.2. The molecule has 2 rings (SSSR count). The first-order valence-electron chi connectivity index (χ1n) is 5.30. The first kappa shape index (κ1) is 10.7. The summed E-state index contributed by atoms with van der Waals surface area (Å²) in [4.78, 5) is 11.2. The van der Waals surface area contributed by atoms with Crippen molar-refractivity contribution in [1.82, 2.24) is 0 Å². The SMILES string of the molecule is Cc1ccc(Cc2cc(C)oc(=O)c2)cc1. The molecule has 2 heteroatoms. The van der Waals surface area contributed by atoms with Crippen molar-refractivity contribution < 1.29 is 4.42 Å². The predicted octanol–water partition coefficient (Wildman–Crippen LogP) is 2.85. The summed E-state index contributed by atoms with van der Waals surface area (Å²) in [5.41, 5.74) is 3.17. The maximum absolute atomic E-state index is 11.2. The van der Waals surface area contributed by atoms with Crippen LogP contribution in [0.15, 0.2) is 45.6 Å². The van der Waals surface area contributed by atoms with E-state index in [1.165, 1.54) is 11.1 Å². The van der Waals surface area contributed by atoms with Gasteiger partial charge in [0, 0.05) is 6.07 Å². The molecular weight excluding hydrogens is 200 g/mol. The van der Waals surface area contributed by atoms with Gasteiger partial charge >= 0.3 is 5.63 Å². The molecule has 0 saturated carbocycles. The fraction of sp³-hybridized carbons (Fsp3) is 0.214. The molecule has 16 heavy (non-hydrogen) atoms. The standard InChI is InChI=1S/C14H14O2/c1-10-3-5-12(6-4-10)8-13-7-11(2)16-14(15)9-13/h3-7,9H,8H2,1-2H3. The average molecular weight is 214 g/mol. The van der Waals surface area contributed by atoms with Gasteiger partial charge in [0.05, 0.1) is 0 Å². The van der Waals surface area contributed by atoms with Crippen molar-refractivity contribution in [2.24, 2.45) is 0 Å². The average Bonchev–Trinajstić information content (AvgIpc) is 2.20. The molecule has 2 nitrogen and oxygen atoms in total. The van der Waals surface area contributed by atoms with Crippen LogP contribution in [-0.2, 0) is 6.42 Å². The predicted molar refractivity (Wildman–Crippen MR) is 63.7 cm³/mol. The highest BCUT2D eigenvalue weighted by Crippen LogP contribution is 2.10. The van der Waals surface area contributed by atoms with E-state index in [4.69, 9.17) is 4.42 Å².